The van der Waals surface area contributed by atoms with Crippen molar-refractivity contribution in [2.24, 2.45) is 11.8 Å². The second-order valence-corrected chi connectivity index (χ2v) is 4.37. The molecule has 88 valence electrons. The first kappa shape index (κ1) is 12.4. The van der Waals surface area contributed by atoms with Crippen LogP contribution in [-0.4, -0.2) is 43.2 Å². The number of methoxy groups -OCH3 is 1. The van der Waals surface area contributed by atoms with E-state index in [2.05, 4.69) is 24.2 Å². The van der Waals surface area contributed by atoms with Crippen LogP contribution >= 0.6 is 0 Å². The fraction of sp³-hybridized carbons (Fsp3) is 0.900. The Balaban J connectivity index is 2.66. The second-order valence-electron chi connectivity index (χ2n) is 4.37. The van der Waals surface area contributed by atoms with Gasteiger partial charge in [-0.2, -0.15) is 0 Å². The molecule has 1 fully saturated rings. The number of carbonyl (C=O) groups is 1. The zero-order valence-corrected chi connectivity index (χ0v) is 9.69. The summed E-state index contributed by atoms with van der Waals surface area (Å²) in [6.45, 7) is 5.65. The van der Waals surface area contributed by atoms with Crippen molar-refractivity contribution in [2.75, 3.05) is 20.3 Å². The molecule has 3 N–H and O–H groups in total. The first-order chi connectivity index (χ1) is 7.10. The van der Waals surface area contributed by atoms with Crippen LogP contribution in [0, 0.1) is 5.92 Å². The van der Waals surface area contributed by atoms with Gasteiger partial charge in [0.1, 0.15) is 6.04 Å². The van der Waals surface area contributed by atoms with E-state index in [1.807, 2.05) is 0 Å². The van der Waals surface area contributed by atoms with Crippen molar-refractivity contribution in [2.45, 2.75) is 32.4 Å². The number of hydrazine groups is 1. The highest BCUT2D eigenvalue weighted by Gasteiger charge is 2.35. The van der Waals surface area contributed by atoms with Crippen molar-refractivity contribution in [3.05, 3.63) is 0 Å². The summed E-state index contributed by atoms with van der Waals surface area (Å²) < 4.78 is 5.06. The van der Waals surface area contributed by atoms with E-state index in [1.165, 1.54) is 0 Å². The molecule has 5 nitrogen and oxygen atoms in total. The maximum Gasteiger partial charge on any atom is 0.253 e. The third kappa shape index (κ3) is 2.90. The number of likely N-dealkylation sites (tertiary alicyclic amines) is 1. The van der Waals surface area contributed by atoms with Gasteiger partial charge in [-0.3, -0.25) is 15.1 Å². The van der Waals surface area contributed by atoms with Crippen LogP contribution in [0.4, 0.5) is 0 Å². The number of rotatable bonds is 4. The summed E-state index contributed by atoms with van der Waals surface area (Å²) in [5.41, 5.74) is 2.20. The quantitative estimate of drug-likeness (QED) is 0.384. The molecule has 1 rings (SSSR count). The second kappa shape index (κ2) is 5.44. The van der Waals surface area contributed by atoms with Gasteiger partial charge < -0.3 is 4.74 Å². The first-order valence-electron chi connectivity index (χ1n) is 5.35. The number of hydrogen-bond donors (Lipinski definition) is 2. The predicted octanol–water partition coefficient (Wildman–Crippen LogP) is -0.278. The van der Waals surface area contributed by atoms with Crippen LogP contribution in [-0.2, 0) is 9.53 Å². The van der Waals surface area contributed by atoms with Gasteiger partial charge in [-0.1, -0.05) is 6.92 Å². The number of hydrogen-bond acceptors (Lipinski definition) is 4. The van der Waals surface area contributed by atoms with Crippen LogP contribution in [0.2, 0.25) is 0 Å². The highest BCUT2D eigenvalue weighted by atomic mass is 16.5. The van der Waals surface area contributed by atoms with Crippen molar-refractivity contribution in [1.29, 1.82) is 0 Å². The van der Waals surface area contributed by atoms with Gasteiger partial charge in [0.15, 0.2) is 0 Å². The molecule has 1 saturated heterocycles. The van der Waals surface area contributed by atoms with Gasteiger partial charge in [0.25, 0.3) is 5.91 Å². The summed E-state index contributed by atoms with van der Waals surface area (Å²) in [5, 5.41) is 0. The van der Waals surface area contributed by atoms with E-state index in [-0.39, 0.29) is 11.9 Å². The smallest absolute Gasteiger partial charge is 0.253 e. The molecule has 0 aromatic heterocycles. The Labute approximate surface area is 90.9 Å². The summed E-state index contributed by atoms with van der Waals surface area (Å²) in [6, 6.07) is 0.150. The average Bonchev–Trinajstić information content (AvgIpc) is 2.53. The molecule has 0 aliphatic carbocycles. The van der Waals surface area contributed by atoms with Crippen molar-refractivity contribution < 1.29 is 9.53 Å². The van der Waals surface area contributed by atoms with Gasteiger partial charge in [0.2, 0.25) is 0 Å². The molecular formula is C10H21N3O2. The van der Waals surface area contributed by atoms with Gasteiger partial charge in [-0.15, -0.1) is 0 Å². The Hall–Kier alpha value is -0.650. The first-order valence-corrected chi connectivity index (χ1v) is 5.35. The van der Waals surface area contributed by atoms with E-state index in [0.717, 1.165) is 13.0 Å². The van der Waals surface area contributed by atoms with Gasteiger partial charge in [-0.05, 0) is 19.3 Å². The van der Waals surface area contributed by atoms with Gasteiger partial charge in [-0.25, -0.2) is 5.84 Å². The summed E-state index contributed by atoms with van der Waals surface area (Å²) in [4.78, 5) is 13.7. The van der Waals surface area contributed by atoms with Crippen LogP contribution in [0.3, 0.4) is 0 Å². The normalized spacial score (nSPS) is 29.1. The van der Waals surface area contributed by atoms with E-state index in [4.69, 9.17) is 10.6 Å². The van der Waals surface area contributed by atoms with Crippen LogP contribution in [0.5, 0.6) is 0 Å². The Morgan fingerprint density at radius 2 is 2.33 bits per heavy atom. The fourth-order valence-electron chi connectivity index (χ4n) is 2.34. The summed E-state index contributed by atoms with van der Waals surface area (Å²) in [6.07, 6.45) is 1.12. The van der Waals surface area contributed by atoms with Crippen molar-refractivity contribution in [3.8, 4) is 0 Å². The standard InChI is InChI=1S/C10H21N3O2/c1-7-4-8(2)13(5-7)9(6-15-3)10(14)12-11/h7-9H,4-6,11H2,1-3H3,(H,12,14). The summed E-state index contributed by atoms with van der Waals surface area (Å²) in [5.74, 6) is 5.63. The number of ether oxygens (including phenoxy) is 1. The monoisotopic (exact) mass is 215 g/mol. The van der Waals surface area contributed by atoms with Crippen LogP contribution in [0.25, 0.3) is 0 Å². The minimum Gasteiger partial charge on any atom is -0.383 e. The molecule has 0 radical (unpaired) electrons. The van der Waals surface area contributed by atoms with Crippen LogP contribution < -0.4 is 11.3 Å². The molecule has 0 saturated carbocycles. The molecule has 0 bridgehead atoms. The van der Waals surface area contributed by atoms with E-state index in [0.29, 0.717) is 18.6 Å². The number of nitrogens with two attached hydrogens (primary N) is 1. The van der Waals surface area contributed by atoms with E-state index in [1.54, 1.807) is 7.11 Å². The number of amides is 1. The number of nitrogens with zero attached hydrogens (tertiary/aromatic N) is 1. The Morgan fingerprint density at radius 1 is 1.67 bits per heavy atom. The van der Waals surface area contributed by atoms with Gasteiger partial charge >= 0.3 is 0 Å². The van der Waals surface area contributed by atoms with Crippen molar-refractivity contribution in [1.82, 2.24) is 10.3 Å². The van der Waals surface area contributed by atoms with Crippen molar-refractivity contribution >= 4 is 5.91 Å². The molecule has 0 aromatic carbocycles. The van der Waals surface area contributed by atoms with Gasteiger partial charge in [0, 0.05) is 19.7 Å². The molecule has 15 heavy (non-hydrogen) atoms. The molecule has 3 unspecified atom stereocenters. The molecule has 5 heteroatoms. The van der Waals surface area contributed by atoms with Crippen LogP contribution in [0.15, 0.2) is 0 Å². The van der Waals surface area contributed by atoms with E-state index in [9.17, 15) is 4.79 Å². The Morgan fingerprint density at radius 3 is 2.73 bits per heavy atom. The number of carbonyl (C=O) groups excluding carboxylic acids is 1. The molecule has 3 atom stereocenters. The van der Waals surface area contributed by atoms with Crippen LogP contribution in [0.1, 0.15) is 20.3 Å². The Kier molecular flexibility index (Phi) is 4.50. The average molecular weight is 215 g/mol. The Bertz CT molecular complexity index is 223. The fourth-order valence-corrected chi connectivity index (χ4v) is 2.34. The topological polar surface area (TPSA) is 67.6 Å². The SMILES string of the molecule is COCC(C(=O)NN)N1CC(C)CC1C. The third-order valence-corrected chi connectivity index (χ3v) is 3.00. The molecule has 1 aliphatic heterocycles. The lowest BCUT2D eigenvalue weighted by Gasteiger charge is -2.29. The molecular weight excluding hydrogens is 194 g/mol. The lowest BCUT2D eigenvalue weighted by Crippen LogP contribution is -2.52. The maximum atomic E-state index is 11.6. The number of nitrogens with one attached hydrogen (secondary N) is 1. The largest absolute Gasteiger partial charge is 0.383 e. The highest BCUT2D eigenvalue weighted by molar-refractivity contribution is 5.81. The molecule has 1 heterocycles. The van der Waals surface area contributed by atoms with E-state index < -0.39 is 0 Å². The molecule has 1 aliphatic rings. The van der Waals surface area contributed by atoms with Gasteiger partial charge in [0.05, 0.1) is 6.61 Å². The highest BCUT2D eigenvalue weighted by Crippen LogP contribution is 2.24. The zero-order chi connectivity index (χ0) is 11.4. The predicted molar refractivity (Wildman–Crippen MR) is 57.9 cm³/mol. The molecule has 1 amide bonds. The van der Waals surface area contributed by atoms with E-state index >= 15 is 0 Å². The lowest BCUT2D eigenvalue weighted by molar-refractivity contribution is -0.128. The zero-order valence-electron chi connectivity index (χ0n) is 9.69. The maximum absolute atomic E-state index is 11.6. The third-order valence-electron chi connectivity index (χ3n) is 3.00. The molecule has 0 aromatic rings. The lowest BCUT2D eigenvalue weighted by atomic mass is 10.1. The molecule has 0 spiro atoms. The summed E-state index contributed by atoms with van der Waals surface area (Å²) >= 11 is 0. The minimum atomic E-state index is -0.264. The summed E-state index contributed by atoms with van der Waals surface area (Å²) in [7, 11) is 1.60. The minimum absolute atomic E-state index is 0.169. The van der Waals surface area contributed by atoms with Crippen molar-refractivity contribution in [3.63, 3.8) is 0 Å².